The Labute approximate surface area is 123 Å². The Morgan fingerprint density at radius 1 is 1.00 bits per heavy atom. The average molecular weight is 297 g/mol. The van der Waals surface area contributed by atoms with Gasteiger partial charge in [-0.15, -0.1) is 0 Å². The Balaban J connectivity index is 2.93. The van der Waals surface area contributed by atoms with E-state index < -0.39 is 10.0 Å². The maximum atomic E-state index is 12.2. The number of nitrogens with one attached hydrogen (secondary N) is 1. The third-order valence-corrected chi connectivity index (χ3v) is 5.04. The minimum atomic E-state index is -3.41. The highest BCUT2D eigenvalue weighted by atomic mass is 32.2. The summed E-state index contributed by atoms with van der Waals surface area (Å²) >= 11 is 0. The molecule has 1 aromatic rings. The van der Waals surface area contributed by atoms with Gasteiger partial charge in [0.05, 0.1) is 4.90 Å². The van der Waals surface area contributed by atoms with Gasteiger partial charge < -0.3 is 0 Å². The van der Waals surface area contributed by atoms with E-state index >= 15 is 0 Å². The first-order valence-corrected chi connectivity index (χ1v) is 8.56. The number of sulfonamides is 1. The highest BCUT2D eigenvalue weighted by molar-refractivity contribution is 7.89. The van der Waals surface area contributed by atoms with E-state index in [4.69, 9.17) is 0 Å². The minimum Gasteiger partial charge on any atom is -0.211 e. The van der Waals surface area contributed by atoms with E-state index in [0.29, 0.717) is 11.4 Å². The normalized spacial score (nSPS) is 13.5. The summed E-state index contributed by atoms with van der Waals surface area (Å²) in [5.74, 6) is 0. The summed E-state index contributed by atoms with van der Waals surface area (Å²) < 4.78 is 27.1. The van der Waals surface area contributed by atoms with Crippen LogP contribution in [0.5, 0.6) is 0 Å². The van der Waals surface area contributed by atoms with E-state index in [2.05, 4.69) is 25.5 Å². The van der Waals surface area contributed by atoms with Crippen LogP contribution in [0.25, 0.3) is 0 Å². The van der Waals surface area contributed by atoms with E-state index in [9.17, 15) is 8.42 Å². The van der Waals surface area contributed by atoms with Gasteiger partial charge in [-0.05, 0) is 34.9 Å². The molecule has 114 valence electrons. The number of rotatable bonds is 5. The lowest BCUT2D eigenvalue weighted by Gasteiger charge is -2.23. The Bertz CT molecular complexity index is 537. The van der Waals surface area contributed by atoms with Crippen LogP contribution in [0.4, 0.5) is 0 Å². The van der Waals surface area contributed by atoms with Gasteiger partial charge in [0.2, 0.25) is 10.0 Å². The summed E-state index contributed by atoms with van der Waals surface area (Å²) in [5, 5.41) is 0. The second-order valence-electron chi connectivity index (χ2n) is 7.15. The molecule has 0 aliphatic heterocycles. The fraction of sp³-hybridized carbons (Fsp3) is 0.625. The van der Waals surface area contributed by atoms with Crippen molar-refractivity contribution < 1.29 is 8.42 Å². The molecule has 0 bridgehead atoms. The monoisotopic (exact) mass is 297 g/mol. The van der Waals surface area contributed by atoms with Crippen molar-refractivity contribution in [2.24, 2.45) is 5.41 Å². The molecule has 3 nitrogen and oxygen atoms in total. The fourth-order valence-corrected chi connectivity index (χ4v) is 2.97. The molecule has 0 fully saturated rings. The summed E-state index contributed by atoms with van der Waals surface area (Å²) in [6.07, 6.45) is 1.02. The number of hydrogen-bond donors (Lipinski definition) is 1. The molecule has 0 heterocycles. The molecule has 1 rings (SSSR count). The molecule has 0 atom stereocenters. The third-order valence-electron chi connectivity index (χ3n) is 3.62. The zero-order valence-electron chi connectivity index (χ0n) is 13.4. The van der Waals surface area contributed by atoms with Crippen molar-refractivity contribution in [3.63, 3.8) is 0 Å². The Hall–Kier alpha value is -0.870. The highest BCUT2D eigenvalue weighted by Gasteiger charge is 2.21. The molecular formula is C16H27NO2S. The Morgan fingerprint density at radius 2 is 1.50 bits per heavy atom. The van der Waals surface area contributed by atoms with Crippen LogP contribution in [0.3, 0.4) is 0 Å². The van der Waals surface area contributed by atoms with Gasteiger partial charge in [-0.1, -0.05) is 53.7 Å². The van der Waals surface area contributed by atoms with Gasteiger partial charge in [0.25, 0.3) is 0 Å². The summed E-state index contributed by atoms with van der Waals surface area (Å²) in [6, 6.07) is 7.21. The molecule has 20 heavy (non-hydrogen) atoms. The van der Waals surface area contributed by atoms with E-state index in [-0.39, 0.29) is 10.8 Å². The van der Waals surface area contributed by atoms with Crippen molar-refractivity contribution in [1.82, 2.24) is 4.72 Å². The van der Waals surface area contributed by atoms with Crippen molar-refractivity contribution in [2.45, 2.75) is 58.3 Å². The quantitative estimate of drug-likeness (QED) is 0.900. The first-order chi connectivity index (χ1) is 8.98. The van der Waals surface area contributed by atoms with Crippen LogP contribution in [0.2, 0.25) is 0 Å². The maximum Gasteiger partial charge on any atom is 0.240 e. The fourth-order valence-electron chi connectivity index (χ4n) is 1.68. The lowest BCUT2D eigenvalue weighted by molar-refractivity contribution is 0.407. The molecule has 1 N–H and O–H groups in total. The average Bonchev–Trinajstić information content (AvgIpc) is 2.36. The van der Waals surface area contributed by atoms with Gasteiger partial charge in [-0.3, -0.25) is 0 Å². The van der Waals surface area contributed by atoms with Crippen molar-refractivity contribution in [3.8, 4) is 0 Å². The predicted molar refractivity (Wildman–Crippen MR) is 84.4 cm³/mol. The SMILES string of the molecule is CCC(C)(C)c1ccc(S(=O)(=O)NCC(C)(C)C)cc1. The summed E-state index contributed by atoms with van der Waals surface area (Å²) in [4.78, 5) is 0.331. The first-order valence-electron chi connectivity index (χ1n) is 7.08. The lowest BCUT2D eigenvalue weighted by atomic mass is 9.82. The van der Waals surface area contributed by atoms with Crippen molar-refractivity contribution in [2.75, 3.05) is 6.54 Å². The van der Waals surface area contributed by atoms with Crippen molar-refractivity contribution in [3.05, 3.63) is 29.8 Å². The predicted octanol–water partition coefficient (Wildman–Crippen LogP) is 3.70. The molecule has 0 aromatic heterocycles. The summed E-state index contributed by atoms with van der Waals surface area (Å²) in [6.45, 7) is 12.9. The molecule has 0 aliphatic rings. The van der Waals surface area contributed by atoms with Crippen LogP contribution in [-0.4, -0.2) is 15.0 Å². The van der Waals surface area contributed by atoms with Crippen LogP contribution in [-0.2, 0) is 15.4 Å². The molecule has 0 spiro atoms. The Morgan fingerprint density at radius 3 is 1.90 bits per heavy atom. The highest BCUT2D eigenvalue weighted by Crippen LogP contribution is 2.27. The topological polar surface area (TPSA) is 46.2 Å². The third kappa shape index (κ3) is 4.60. The van der Waals surface area contributed by atoms with Gasteiger partial charge in [0, 0.05) is 6.54 Å². The molecule has 0 saturated heterocycles. The Kier molecular flexibility index (Phi) is 5.03. The molecular weight excluding hydrogens is 270 g/mol. The van der Waals surface area contributed by atoms with Crippen LogP contribution in [0.15, 0.2) is 29.2 Å². The number of hydrogen-bond acceptors (Lipinski definition) is 2. The smallest absolute Gasteiger partial charge is 0.211 e. The van der Waals surface area contributed by atoms with Crippen molar-refractivity contribution in [1.29, 1.82) is 0 Å². The molecule has 1 aromatic carbocycles. The van der Waals surface area contributed by atoms with E-state index in [0.717, 1.165) is 12.0 Å². The molecule has 0 unspecified atom stereocenters. The lowest BCUT2D eigenvalue weighted by Crippen LogP contribution is -2.32. The van der Waals surface area contributed by atoms with Gasteiger partial charge in [0.1, 0.15) is 0 Å². The molecule has 0 saturated carbocycles. The van der Waals surface area contributed by atoms with Gasteiger partial charge in [0.15, 0.2) is 0 Å². The number of benzene rings is 1. The zero-order chi connectivity index (χ0) is 15.6. The molecule has 0 radical (unpaired) electrons. The zero-order valence-corrected chi connectivity index (χ0v) is 14.3. The first kappa shape index (κ1) is 17.2. The van der Waals surface area contributed by atoms with Gasteiger partial charge in [-0.2, -0.15) is 0 Å². The second-order valence-corrected chi connectivity index (χ2v) is 8.91. The molecule has 0 aliphatic carbocycles. The van der Waals surface area contributed by atoms with Gasteiger partial charge >= 0.3 is 0 Å². The second kappa shape index (κ2) is 5.86. The maximum absolute atomic E-state index is 12.2. The minimum absolute atomic E-state index is 0.0706. The summed E-state index contributed by atoms with van der Waals surface area (Å²) in [5.41, 5.74) is 1.16. The summed E-state index contributed by atoms with van der Waals surface area (Å²) in [7, 11) is -3.41. The molecule has 0 amide bonds. The van der Waals surface area contributed by atoms with Gasteiger partial charge in [-0.25, -0.2) is 13.1 Å². The van der Waals surface area contributed by atoms with E-state index in [1.54, 1.807) is 12.1 Å². The van der Waals surface area contributed by atoms with E-state index in [1.165, 1.54) is 0 Å². The molecule has 4 heteroatoms. The van der Waals surface area contributed by atoms with Crippen LogP contribution in [0, 0.1) is 5.41 Å². The van der Waals surface area contributed by atoms with E-state index in [1.807, 2.05) is 32.9 Å². The standard InChI is InChI=1S/C16H27NO2S/c1-7-16(5,6)13-8-10-14(11-9-13)20(18,19)17-12-15(2,3)4/h8-11,17H,7,12H2,1-6H3. The van der Waals surface area contributed by atoms with Crippen molar-refractivity contribution >= 4 is 10.0 Å². The van der Waals surface area contributed by atoms with Crippen LogP contribution >= 0.6 is 0 Å². The van der Waals surface area contributed by atoms with Crippen LogP contribution in [0.1, 0.15) is 53.5 Å². The largest absolute Gasteiger partial charge is 0.240 e. The van der Waals surface area contributed by atoms with Crippen LogP contribution < -0.4 is 4.72 Å².